The number of carbonyl (C=O) groups is 1. The third kappa shape index (κ3) is 4.14. The van der Waals surface area contributed by atoms with Crippen molar-refractivity contribution in [1.82, 2.24) is 5.32 Å². The van der Waals surface area contributed by atoms with E-state index in [-0.39, 0.29) is 6.03 Å². The predicted molar refractivity (Wildman–Crippen MR) is 67.8 cm³/mol. The molecule has 0 aliphatic rings. The predicted octanol–water partition coefficient (Wildman–Crippen LogP) is 2.42. The molecule has 0 spiro atoms. The van der Waals surface area contributed by atoms with E-state index < -0.39 is 0 Å². The van der Waals surface area contributed by atoms with Crippen LogP contribution in [0.5, 0.6) is 0 Å². The minimum atomic E-state index is -0.216. The van der Waals surface area contributed by atoms with E-state index in [0.717, 1.165) is 12.0 Å². The van der Waals surface area contributed by atoms with Crippen molar-refractivity contribution in [3.8, 4) is 0 Å². The molecule has 0 aliphatic heterocycles. The molecule has 3 N–H and O–H groups in total. The van der Waals surface area contributed by atoms with Gasteiger partial charge in [-0.05, 0) is 31.0 Å². The van der Waals surface area contributed by atoms with Gasteiger partial charge >= 0.3 is 6.03 Å². The number of nitrogens with zero attached hydrogens (tertiary/aromatic N) is 1. The second-order valence-electron chi connectivity index (χ2n) is 3.64. The quantitative estimate of drug-likeness (QED) is 0.426. The fraction of sp³-hybridized carbons (Fsp3) is 0.333. The number of rotatable bonds is 4. The molecule has 0 unspecified atom stereocenters. The lowest BCUT2D eigenvalue weighted by molar-refractivity contribution is 0.252. The van der Waals surface area contributed by atoms with Gasteiger partial charge in [0.25, 0.3) is 0 Å². The van der Waals surface area contributed by atoms with Crippen molar-refractivity contribution in [2.45, 2.75) is 20.3 Å². The van der Waals surface area contributed by atoms with E-state index in [4.69, 9.17) is 5.21 Å². The Bertz CT molecular complexity index is 399. The highest BCUT2D eigenvalue weighted by Gasteiger charge is 2.01. The first-order valence-electron chi connectivity index (χ1n) is 5.51. The van der Waals surface area contributed by atoms with Crippen LogP contribution < -0.4 is 10.6 Å². The SMILES string of the molecule is CCCNC(=O)Nc1ccc(/C(C)=N/O)cc1. The lowest BCUT2D eigenvalue weighted by Gasteiger charge is -2.07. The van der Waals surface area contributed by atoms with Crippen LogP contribution >= 0.6 is 0 Å². The van der Waals surface area contributed by atoms with Crippen LogP contribution in [-0.2, 0) is 0 Å². The first-order chi connectivity index (χ1) is 8.17. The van der Waals surface area contributed by atoms with Crippen LogP contribution in [0.1, 0.15) is 25.8 Å². The minimum absolute atomic E-state index is 0.216. The molecule has 92 valence electrons. The Labute approximate surface area is 101 Å². The molecule has 0 fully saturated rings. The minimum Gasteiger partial charge on any atom is -0.411 e. The van der Waals surface area contributed by atoms with E-state index in [1.807, 2.05) is 6.92 Å². The molecule has 0 aliphatic carbocycles. The summed E-state index contributed by atoms with van der Waals surface area (Å²) < 4.78 is 0. The van der Waals surface area contributed by atoms with Gasteiger partial charge in [-0.2, -0.15) is 0 Å². The number of hydrogen-bond acceptors (Lipinski definition) is 3. The van der Waals surface area contributed by atoms with Crippen LogP contribution in [0.4, 0.5) is 10.5 Å². The summed E-state index contributed by atoms with van der Waals surface area (Å²) in [6, 6.07) is 6.87. The second-order valence-corrected chi connectivity index (χ2v) is 3.64. The zero-order valence-electron chi connectivity index (χ0n) is 10.0. The maximum atomic E-state index is 11.4. The molecular formula is C12H17N3O2. The Morgan fingerprint density at radius 2 is 2.00 bits per heavy atom. The van der Waals surface area contributed by atoms with Crippen LogP contribution in [0.15, 0.2) is 29.4 Å². The lowest BCUT2D eigenvalue weighted by Crippen LogP contribution is -2.29. The maximum Gasteiger partial charge on any atom is 0.319 e. The van der Waals surface area contributed by atoms with Gasteiger partial charge in [0.05, 0.1) is 5.71 Å². The van der Waals surface area contributed by atoms with E-state index >= 15 is 0 Å². The molecule has 0 atom stereocenters. The van der Waals surface area contributed by atoms with Crippen LogP contribution in [0.25, 0.3) is 0 Å². The van der Waals surface area contributed by atoms with Gasteiger partial charge < -0.3 is 15.8 Å². The van der Waals surface area contributed by atoms with Crippen molar-refractivity contribution >= 4 is 17.4 Å². The maximum absolute atomic E-state index is 11.4. The average molecular weight is 235 g/mol. The summed E-state index contributed by atoms with van der Waals surface area (Å²) in [5.41, 5.74) is 2.05. The number of benzene rings is 1. The number of urea groups is 1. The summed E-state index contributed by atoms with van der Waals surface area (Å²) in [6.45, 7) is 4.35. The topological polar surface area (TPSA) is 73.7 Å². The molecule has 5 nitrogen and oxygen atoms in total. The van der Waals surface area contributed by atoms with Crippen LogP contribution in [0.3, 0.4) is 0 Å². The third-order valence-corrected chi connectivity index (χ3v) is 2.25. The number of anilines is 1. The highest BCUT2D eigenvalue weighted by Crippen LogP contribution is 2.10. The van der Waals surface area contributed by atoms with Crippen LogP contribution in [-0.4, -0.2) is 23.5 Å². The molecule has 0 saturated carbocycles. The van der Waals surface area contributed by atoms with Gasteiger partial charge in [-0.25, -0.2) is 4.79 Å². The highest BCUT2D eigenvalue weighted by atomic mass is 16.4. The monoisotopic (exact) mass is 235 g/mol. The summed E-state index contributed by atoms with van der Waals surface area (Å²) >= 11 is 0. The van der Waals surface area contributed by atoms with Crippen molar-refractivity contribution in [3.05, 3.63) is 29.8 Å². The van der Waals surface area contributed by atoms with Crippen molar-refractivity contribution in [2.24, 2.45) is 5.16 Å². The second kappa shape index (κ2) is 6.52. The standard InChI is InChI=1S/C12H17N3O2/c1-3-8-13-12(16)14-11-6-4-10(5-7-11)9(2)15-17/h4-7,17H,3,8H2,1-2H3,(H2,13,14,16)/b15-9+. The Morgan fingerprint density at radius 3 is 2.53 bits per heavy atom. The van der Waals surface area contributed by atoms with Gasteiger partial charge in [0.15, 0.2) is 0 Å². The van der Waals surface area contributed by atoms with Gasteiger partial charge in [0.1, 0.15) is 0 Å². The van der Waals surface area contributed by atoms with Crippen LogP contribution in [0, 0.1) is 0 Å². The molecule has 17 heavy (non-hydrogen) atoms. The molecule has 1 aromatic carbocycles. The van der Waals surface area contributed by atoms with Crippen molar-refractivity contribution in [3.63, 3.8) is 0 Å². The van der Waals surface area contributed by atoms with Gasteiger partial charge in [-0.3, -0.25) is 0 Å². The molecule has 0 heterocycles. The molecule has 5 heteroatoms. The summed E-state index contributed by atoms with van der Waals surface area (Å²) in [5, 5.41) is 17.1. The van der Waals surface area contributed by atoms with Gasteiger partial charge in [0.2, 0.25) is 0 Å². The third-order valence-electron chi connectivity index (χ3n) is 2.25. The number of nitrogens with one attached hydrogen (secondary N) is 2. The van der Waals surface area contributed by atoms with Gasteiger partial charge in [-0.15, -0.1) is 0 Å². The zero-order valence-corrected chi connectivity index (χ0v) is 10.0. The lowest BCUT2D eigenvalue weighted by atomic mass is 10.1. The first kappa shape index (κ1) is 13.0. The Balaban J connectivity index is 2.59. The highest BCUT2D eigenvalue weighted by molar-refractivity contribution is 5.99. The van der Waals surface area contributed by atoms with E-state index in [0.29, 0.717) is 17.9 Å². The van der Waals surface area contributed by atoms with E-state index in [1.165, 1.54) is 0 Å². The summed E-state index contributed by atoms with van der Waals surface area (Å²) in [6.07, 6.45) is 0.901. The van der Waals surface area contributed by atoms with Crippen LogP contribution in [0.2, 0.25) is 0 Å². The van der Waals surface area contributed by atoms with E-state index in [2.05, 4.69) is 15.8 Å². The largest absolute Gasteiger partial charge is 0.411 e. The fourth-order valence-corrected chi connectivity index (χ4v) is 1.27. The zero-order chi connectivity index (χ0) is 12.7. The van der Waals surface area contributed by atoms with Gasteiger partial charge in [-0.1, -0.05) is 24.2 Å². The summed E-state index contributed by atoms with van der Waals surface area (Å²) in [7, 11) is 0. The van der Waals surface area contributed by atoms with Crippen molar-refractivity contribution in [2.75, 3.05) is 11.9 Å². The average Bonchev–Trinajstić information content (AvgIpc) is 2.36. The van der Waals surface area contributed by atoms with Crippen molar-refractivity contribution < 1.29 is 10.0 Å². The molecule has 0 saturated heterocycles. The molecule has 1 rings (SSSR count). The van der Waals surface area contributed by atoms with E-state index in [9.17, 15) is 4.79 Å². The Morgan fingerprint density at radius 1 is 1.35 bits per heavy atom. The number of amides is 2. The molecule has 0 radical (unpaired) electrons. The Kier molecular flexibility index (Phi) is 5.00. The summed E-state index contributed by atoms with van der Waals surface area (Å²) in [5.74, 6) is 0. The molecule has 1 aromatic rings. The van der Waals surface area contributed by atoms with Crippen molar-refractivity contribution in [1.29, 1.82) is 0 Å². The fourth-order valence-electron chi connectivity index (χ4n) is 1.27. The smallest absolute Gasteiger partial charge is 0.319 e. The molecular weight excluding hydrogens is 218 g/mol. The first-order valence-corrected chi connectivity index (χ1v) is 5.51. The number of oxime groups is 1. The molecule has 0 aromatic heterocycles. The molecule has 0 bridgehead atoms. The summed E-state index contributed by atoms with van der Waals surface area (Å²) in [4.78, 5) is 11.4. The number of carbonyl (C=O) groups excluding carboxylic acids is 1. The van der Waals surface area contributed by atoms with Gasteiger partial charge in [0, 0.05) is 12.2 Å². The molecule has 2 amide bonds. The van der Waals surface area contributed by atoms with E-state index in [1.54, 1.807) is 31.2 Å². The normalized spacial score (nSPS) is 11.1. The Hall–Kier alpha value is -2.04. The number of hydrogen-bond donors (Lipinski definition) is 3.